The van der Waals surface area contributed by atoms with Crippen molar-refractivity contribution in [3.63, 3.8) is 0 Å². The van der Waals surface area contributed by atoms with E-state index in [1.54, 1.807) is 19.1 Å². The molecule has 0 saturated heterocycles. The van der Waals surface area contributed by atoms with Gasteiger partial charge >= 0.3 is 0 Å². The number of nitrogens with one attached hydrogen (secondary N) is 1. The van der Waals surface area contributed by atoms with Crippen LogP contribution in [0, 0.1) is 12.8 Å². The fourth-order valence-corrected chi connectivity index (χ4v) is 1.50. The lowest BCUT2D eigenvalue weighted by atomic mass is 10.2. The maximum Gasteiger partial charge on any atom is 0.260 e. The van der Waals surface area contributed by atoms with Gasteiger partial charge in [-0.25, -0.2) is 0 Å². The Morgan fingerprint density at radius 1 is 1.39 bits per heavy atom. The minimum absolute atomic E-state index is 0.0973. The number of ether oxygens (including phenoxy) is 1. The molecule has 1 unspecified atom stereocenters. The van der Waals surface area contributed by atoms with Crippen LogP contribution in [0.2, 0.25) is 0 Å². The van der Waals surface area contributed by atoms with Gasteiger partial charge in [0.1, 0.15) is 5.75 Å². The molecule has 1 aromatic rings. The predicted octanol–water partition coefficient (Wildman–Crippen LogP) is 2.12. The van der Waals surface area contributed by atoms with Gasteiger partial charge in [0.15, 0.2) is 6.10 Å². The van der Waals surface area contributed by atoms with Crippen LogP contribution in [0.5, 0.6) is 5.75 Å². The molecule has 1 amide bonds. The maximum absolute atomic E-state index is 11.8. The summed E-state index contributed by atoms with van der Waals surface area (Å²) in [7, 11) is 0. The second-order valence-electron chi connectivity index (χ2n) is 4.92. The molecule has 3 N–H and O–H groups in total. The lowest BCUT2D eigenvalue weighted by Crippen LogP contribution is -2.38. The fourth-order valence-electron chi connectivity index (χ4n) is 1.50. The zero-order valence-corrected chi connectivity index (χ0v) is 11.5. The highest BCUT2D eigenvalue weighted by atomic mass is 16.5. The number of amides is 1. The van der Waals surface area contributed by atoms with Gasteiger partial charge in [-0.05, 0) is 43.5 Å². The van der Waals surface area contributed by atoms with Gasteiger partial charge in [0.05, 0.1) is 0 Å². The van der Waals surface area contributed by atoms with E-state index in [0.717, 1.165) is 5.56 Å². The quantitative estimate of drug-likeness (QED) is 0.787. The monoisotopic (exact) mass is 250 g/mol. The lowest BCUT2D eigenvalue weighted by molar-refractivity contribution is -0.127. The molecule has 0 fully saturated rings. The van der Waals surface area contributed by atoms with E-state index in [0.29, 0.717) is 23.9 Å². The summed E-state index contributed by atoms with van der Waals surface area (Å²) in [6.07, 6.45) is -0.508. The van der Waals surface area contributed by atoms with E-state index in [4.69, 9.17) is 10.5 Å². The first-order valence-corrected chi connectivity index (χ1v) is 6.20. The number of aryl methyl sites for hydroxylation is 1. The number of benzene rings is 1. The minimum Gasteiger partial charge on any atom is -0.481 e. The molecule has 0 bridgehead atoms. The summed E-state index contributed by atoms with van der Waals surface area (Å²) in [6.45, 7) is 8.41. The van der Waals surface area contributed by atoms with Crippen molar-refractivity contribution in [3.05, 3.63) is 23.8 Å². The van der Waals surface area contributed by atoms with Gasteiger partial charge in [-0.2, -0.15) is 0 Å². The molecule has 18 heavy (non-hydrogen) atoms. The standard InChI is InChI=1S/C14H22N2O2/c1-9(2)8-16-14(17)11(4)18-13-6-5-12(15)7-10(13)3/h5-7,9,11H,8,15H2,1-4H3,(H,16,17). The molecule has 0 saturated carbocycles. The molecule has 0 heterocycles. The number of hydrogen-bond donors (Lipinski definition) is 2. The fraction of sp³-hybridized carbons (Fsp3) is 0.500. The first kappa shape index (κ1) is 14.4. The number of hydrogen-bond acceptors (Lipinski definition) is 3. The lowest BCUT2D eigenvalue weighted by Gasteiger charge is -2.17. The van der Waals surface area contributed by atoms with Crippen molar-refractivity contribution in [3.8, 4) is 5.75 Å². The van der Waals surface area contributed by atoms with Gasteiger partial charge in [0, 0.05) is 12.2 Å². The molecule has 0 aliphatic carbocycles. The Morgan fingerprint density at radius 2 is 2.06 bits per heavy atom. The molecule has 100 valence electrons. The van der Waals surface area contributed by atoms with E-state index in [-0.39, 0.29) is 5.91 Å². The maximum atomic E-state index is 11.8. The van der Waals surface area contributed by atoms with Crippen LogP contribution in [0.1, 0.15) is 26.3 Å². The van der Waals surface area contributed by atoms with E-state index >= 15 is 0 Å². The number of anilines is 1. The zero-order chi connectivity index (χ0) is 13.7. The van der Waals surface area contributed by atoms with Crippen LogP contribution < -0.4 is 15.8 Å². The van der Waals surface area contributed by atoms with Crippen LogP contribution in [0.25, 0.3) is 0 Å². The SMILES string of the molecule is Cc1cc(N)ccc1OC(C)C(=O)NCC(C)C. The molecule has 0 aromatic heterocycles. The van der Waals surface area contributed by atoms with E-state index < -0.39 is 6.10 Å². The van der Waals surface area contributed by atoms with Crippen molar-refractivity contribution in [2.45, 2.75) is 33.8 Å². The second-order valence-corrected chi connectivity index (χ2v) is 4.92. The third kappa shape index (κ3) is 4.28. The average molecular weight is 250 g/mol. The molecule has 0 radical (unpaired) electrons. The van der Waals surface area contributed by atoms with E-state index in [1.165, 1.54) is 0 Å². The Kier molecular flexibility index (Phi) is 5.01. The Morgan fingerprint density at radius 3 is 2.61 bits per heavy atom. The van der Waals surface area contributed by atoms with Crippen molar-refractivity contribution in [1.29, 1.82) is 0 Å². The van der Waals surface area contributed by atoms with Gasteiger partial charge in [0.25, 0.3) is 5.91 Å². The minimum atomic E-state index is -0.508. The average Bonchev–Trinajstić information content (AvgIpc) is 2.29. The molecule has 1 atom stereocenters. The van der Waals surface area contributed by atoms with Crippen LogP contribution in [0.15, 0.2) is 18.2 Å². The highest BCUT2D eigenvalue weighted by Crippen LogP contribution is 2.21. The van der Waals surface area contributed by atoms with Gasteiger partial charge in [-0.15, -0.1) is 0 Å². The van der Waals surface area contributed by atoms with Crippen molar-refractivity contribution >= 4 is 11.6 Å². The summed E-state index contributed by atoms with van der Waals surface area (Å²) in [6, 6.07) is 5.38. The molecular weight excluding hydrogens is 228 g/mol. The van der Waals surface area contributed by atoms with Crippen molar-refractivity contribution in [2.24, 2.45) is 5.92 Å². The van der Waals surface area contributed by atoms with E-state index in [9.17, 15) is 4.79 Å². The van der Waals surface area contributed by atoms with Crippen LogP contribution >= 0.6 is 0 Å². The first-order valence-electron chi connectivity index (χ1n) is 6.20. The summed E-state index contributed by atoms with van der Waals surface area (Å²) in [4.78, 5) is 11.8. The largest absolute Gasteiger partial charge is 0.481 e. The van der Waals surface area contributed by atoms with Crippen LogP contribution in [0.4, 0.5) is 5.69 Å². The van der Waals surface area contributed by atoms with Crippen molar-refractivity contribution in [1.82, 2.24) is 5.32 Å². The Bertz CT molecular complexity index is 416. The van der Waals surface area contributed by atoms with Crippen molar-refractivity contribution in [2.75, 3.05) is 12.3 Å². The molecule has 1 aromatic carbocycles. The molecular formula is C14H22N2O2. The van der Waals surface area contributed by atoms with Crippen LogP contribution in [-0.4, -0.2) is 18.6 Å². The first-order chi connectivity index (χ1) is 8.40. The Hall–Kier alpha value is -1.71. The summed E-state index contributed by atoms with van der Waals surface area (Å²) < 4.78 is 5.63. The van der Waals surface area contributed by atoms with Crippen molar-refractivity contribution < 1.29 is 9.53 Å². The molecule has 0 spiro atoms. The number of nitrogens with two attached hydrogens (primary N) is 1. The molecule has 4 heteroatoms. The van der Waals surface area contributed by atoms with E-state index in [2.05, 4.69) is 19.2 Å². The summed E-state index contributed by atoms with van der Waals surface area (Å²) in [5.41, 5.74) is 7.28. The Balaban J connectivity index is 2.58. The Labute approximate surface area is 109 Å². The normalized spacial score (nSPS) is 12.3. The topological polar surface area (TPSA) is 64.3 Å². The summed E-state index contributed by atoms with van der Waals surface area (Å²) in [5, 5.41) is 2.84. The highest BCUT2D eigenvalue weighted by molar-refractivity contribution is 5.80. The van der Waals surface area contributed by atoms with Crippen LogP contribution in [-0.2, 0) is 4.79 Å². The number of carbonyl (C=O) groups excluding carboxylic acids is 1. The third-order valence-electron chi connectivity index (χ3n) is 2.56. The third-order valence-corrected chi connectivity index (χ3v) is 2.56. The zero-order valence-electron chi connectivity index (χ0n) is 11.5. The number of rotatable bonds is 5. The predicted molar refractivity (Wildman–Crippen MR) is 73.5 cm³/mol. The molecule has 4 nitrogen and oxygen atoms in total. The summed E-state index contributed by atoms with van der Waals surface area (Å²) >= 11 is 0. The van der Waals surface area contributed by atoms with Gasteiger partial charge in [-0.1, -0.05) is 13.8 Å². The van der Waals surface area contributed by atoms with Gasteiger partial charge < -0.3 is 15.8 Å². The number of carbonyl (C=O) groups is 1. The molecule has 1 rings (SSSR count). The number of nitrogen functional groups attached to an aromatic ring is 1. The smallest absolute Gasteiger partial charge is 0.260 e. The molecule has 0 aliphatic heterocycles. The second kappa shape index (κ2) is 6.28. The highest BCUT2D eigenvalue weighted by Gasteiger charge is 2.15. The van der Waals surface area contributed by atoms with Gasteiger partial charge in [0.2, 0.25) is 0 Å². The molecule has 0 aliphatic rings. The van der Waals surface area contributed by atoms with Crippen LogP contribution in [0.3, 0.4) is 0 Å². The van der Waals surface area contributed by atoms with E-state index in [1.807, 2.05) is 13.0 Å². The summed E-state index contributed by atoms with van der Waals surface area (Å²) in [5.74, 6) is 1.02. The van der Waals surface area contributed by atoms with Gasteiger partial charge in [-0.3, -0.25) is 4.79 Å².